The Morgan fingerprint density at radius 3 is 2.70 bits per heavy atom. The van der Waals surface area contributed by atoms with Crippen LogP contribution < -0.4 is 11.3 Å². The number of thiazole rings is 1. The first-order valence-electron chi connectivity index (χ1n) is 6.07. The van der Waals surface area contributed by atoms with E-state index >= 15 is 0 Å². The van der Waals surface area contributed by atoms with E-state index in [-0.39, 0.29) is 12.0 Å². The molecule has 0 aliphatic heterocycles. The highest BCUT2D eigenvalue weighted by Crippen LogP contribution is 2.45. The third-order valence-corrected chi connectivity index (χ3v) is 4.67. The second kappa shape index (κ2) is 4.83. The summed E-state index contributed by atoms with van der Waals surface area (Å²) < 4.78 is 37.8. The van der Waals surface area contributed by atoms with Gasteiger partial charge in [-0.25, -0.2) is 4.98 Å². The fourth-order valence-electron chi connectivity index (χ4n) is 2.55. The van der Waals surface area contributed by atoms with E-state index in [4.69, 9.17) is 5.84 Å². The van der Waals surface area contributed by atoms with Gasteiger partial charge in [0.1, 0.15) is 0 Å². The van der Waals surface area contributed by atoms with Gasteiger partial charge in [0.15, 0.2) is 5.01 Å². The second-order valence-electron chi connectivity index (χ2n) is 4.72. The number of fused-ring (bicyclic) bond motifs is 1. The van der Waals surface area contributed by atoms with E-state index < -0.39 is 11.2 Å². The van der Waals surface area contributed by atoms with E-state index in [1.807, 2.05) is 24.3 Å². The molecule has 3 nitrogen and oxygen atoms in total. The van der Waals surface area contributed by atoms with E-state index in [9.17, 15) is 13.2 Å². The van der Waals surface area contributed by atoms with Crippen LogP contribution in [0.25, 0.3) is 0 Å². The Bertz CT molecular complexity index is 623. The minimum Gasteiger partial charge on any atom is -0.271 e. The molecule has 7 heteroatoms. The molecule has 0 radical (unpaired) electrons. The lowest BCUT2D eigenvalue weighted by molar-refractivity contribution is -0.137. The molecule has 0 spiro atoms. The molecule has 20 heavy (non-hydrogen) atoms. The van der Waals surface area contributed by atoms with Crippen LogP contribution in [0, 0.1) is 0 Å². The first-order chi connectivity index (χ1) is 9.50. The number of alkyl halides is 3. The molecule has 0 bridgehead atoms. The first-order valence-corrected chi connectivity index (χ1v) is 6.89. The summed E-state index contributed by atoms with van der Waals surface area (Å²) in [5.41, 5.74) is 4.99. The number of nitrogens with two attached hydrogens (primary N) is 1. The Kier molecular flexibility index (Phi) is 3.27. The van der Waals surface area contributed by atoms with E-state index in [2.05, 4.69) is 10.4 Å². The smallest absolute Gasteiger partial charge is 0.271 e. The van der Waals surface area contributed by atoms with E-state index in [0.29, 0.717) is 16.2 Å². The van der Waals surface area contributed by atoms with Gasteiger partial charge in [0, 0.05) is 17.0 Å². The molecule has 0 amide bonds. The summed E-state index contributed by atoms with van der Waals surface area (Å²) in [6.07, 6.45) is -2.33. The van der Waals surface area contributed by atoms with Gasteiger partial charge < -0.3 is 0 Å². The Hall–Kier alpha value is -1.44. The topological polar surface area (TPSA) is 50.9 Å². The van der Waals surface area contributed by atoms with Crippen molar-refractivity contribution in [2.24, 2.45) is 5.84 Å². The summed E-state index contributed by atoms with van der Waals surface area (Å²) in [6.45, 7) is 0. The Morgan fingerprint density at radius 2 is 2.10 bits per heavy atom. The van der Waals surface area contributed by atoms with E-state index in [1.54, 1.807) is 0 Å². The third kappa shape index (κ3) is 2.21. The number of halogens is 3. The monoisotopic (exact) mass is 299 g/mol. The van der Waals surface area contributed by atoms with Gasteiger partial charge >= 0.3 is 6.18 Å². The first kappa shape index (κ1) is 13.5. The molecule has 2 atom stereocenters. The number of nitrogens with one attached hydrogen (secondary N) is 1. The molecule has 3 N–H and O–H groups in total. The van der Waals surface area contributed by atoms with Crippen molar-refractivity contribution in [1.82, 2.24) is 10.4 Å². The molecule has 106 valence electrons. The zero-order valence-corrected chi connectivity index (χ0v) is 11.1. The van der Waals surface area contributed by atoms with Gasteiger partial charge in [-0.15, -0.1) is 11.3 Å². The maximum Gasteiger partial charge on any atom is 0.443 e. The van der Waals surface area contributed by atoms with Gasteiger partial charge in [-0.05, 0) is 17.5 Å². The zero-order chi connectivity index (χ0) is 14.3. The molecule has 1 heterocycles. The summed E-state index contributed by atoms with van der Waals surface area (Å²) in [5, 5.41) is -0.833. The summed E-state index contributed by atoms with van der Waals surface area (Å²) in [4.78, 5) is 3.96. The molecular weight excluding hydrogens is 287 g/mol. The van der Waals surface area contributed by atoms with Crippen LogP contribution in [0.4, 0.5) is 13.2 Å². The van der Waals surface area contributed by atoms with Crippen LogP contribution in [0.1, 0.15) is 33.0 Å². The van der Waals surface area contributed by atoms with Crippen LogP contribution in [-0.4, -0.2) is 4.98 Å². The van der Waals surface area contributed by atoms with Crippen LogP contribution in [0.2, 0.25) is 0 Å². The van der Waals surface area contributed by atoms with Crippen molar-refractivity contribution in [3.8, 4) is 0 Å². The number of rotatable bonds is 3. The van der Waals surface area contributed by atoms with Crippen LogP contribution in [0.3, 0.4) is 0 Å². The molecule has 1 aliphatic carbocycles. The molecular formula is C13H12F3N3S. The Balaban J connectivity index is 1.87. The highest BCUT2D eigenvalue weighted by atomic mass is 32.1. The van der Waals surface area contributed by atoms with Crippen molar-refractivity contribution in [1.29, 1.82) is 0 Å². The molecule has 1 aromatic heterocycles. The highest BCUT2D eigenvalue weighted by molar-refractivity contribution is 7.11. The molecule has 0 fully saturated rings. The lowest BCUT2D eigenvalue weighted by Gasteiger charge is -2.35. The molecule has 3 rings (SSSR count). The van der Waals surface area contributed by atoms with Gasteiger partial charge in [0.25, 0.3) is 0 Å². The van der Waals surface area contributed by atoms with Crippen molar-refractivity contribution in [3.05, 3.63) is 51.5 Å². The summed E-state index contributed by atoms with van der Waals surface area (Å²) >= 11 is 0.646. The summed E-state index contributed by atoms with van der Waals surface area (Å²) in [5.74, 6) is 5.63. The minimum atomic E-state index is -4.40. The SMILES string of the molecule is NNC(c1cnc(C(F)(F)F)s1)C1Cc2ccccc21. The number of hydrazine groups is 1. The minimum absolute atomic E-state index is 0.0951. The number of aromatic nitrogens is 1. The Morgan fingerprint density at radius 1 is 1.35 bits per heavy atom. The standard InChI is InChI=1S/C13H12F3N3S/c14-13(15,16)12-18-6-10(20-12)11(19-17)9-5-7-3-1-2-4-8(7)9/h1-4,6,9,11,19H,5,17H2. The van der Waals surface area contributed by atoms with Gasteiger partial charge in [0.2, 0.25) is 0 Å². The van der Waals surface area contributed by atoms with Crippen LogP contribution in [-0.2, 0) is 12.6 Å². The average molecular weight is 299 g/mol. The molecule has 0 saturated carbocycles. The maximum absolute atomic E-state index is 12.6. The quantitative estimate of drug-likeness (QED) is 0.676. The van der Waals surface area contributed by atoms with Crippen molar-refractivity contribution >= 4 is 11.3 Å². The van der Waals surface area contributed by atoms with Crippen molar-refractivity contribution < 1.29 is 13.2 Å². The van der Waals surface area contributed by atoms with E-state index in [0.717, 1.165) is 12.0 Å². The highest BCUT2D eigenvalue weighted by Gasteiger charge is 2.38. The predicted molar refractivity (Wildman–Crippen MR) is 70.1 cm³/mol. The fraction of sp³-hybridized carbons (Fsp3) is 0.308. The molecule has 1 aliphatic rings. The fourth-order valence-corrected chi connectivity index (χ4v) is 3.46. The predicted octanol–water partition coefficient (Wildman–Crippen LogP) is 3.01. The molecule has 2 unspecified atom stereocenters. The molecule has 0 saturated heterocycles. The average Bonchev–Trinajstić information content (AvgIpc) is 2.85. The van der Waals surface area contributed by atoms with Gasteiger partial charge in [0.05, 0.1) is 6.04 Å². The second-order valence-corrected chi connectivity index (χ2v) is 5.78. The number of benzene rings is 1. The lowest BCUT2D eigenvalue weighted by Crippen LogP contribution is -2.36. The van der Waals surface area contributed by atoms with Gasteiger partial charge in [-0.3, -0.25) is 11.3 Å². The van der Waals surface area contributed by atoms with Crippen LogP contribution >= 0.6 is 11.3 Å². The van der Waals surface area contributed by atoms with Crippen molar-refractivity contribution in [2.75, 3.05) is 0 Å². The summed E-state index contributed by atoms with van der Waals surface area (Å²) in [6, 6.07) is 7.55. The zero-order valence-electron chi connectivity index (χ0n) is 10.3. The van der Waals surface area contributed by atoms with Crippen molar-refractivity contribution in [3.63, 3.8) is 0 Å². The maximum atomic E-state index is 12.6. The normalized spacial score (nSPS) is 19.3. The van der Waals surface area contributed by atoms with Crippen LogP contribution in [0.15, 0.2) is 30.5 Å². The van der Waals surface area contributed by atoms with Gasteiger partial charge in [-0.1, -0.05) is 24.3 Å². The number of hydrogen-bond donors (Lipinski definition) is 2. The number of nitrogens with zero attached hydrogens (tertiary/aromatic N) is 1. The lowest BCUT2D eigenvalue weighted by atomic mass is 9.73. The Labute approximate surface area is 117 Å². The third-order valence-electron chi connectivity index (χ3n) is 3.55. The largest absolute Gasteiger partial charge is 0.443 e. The number of hydrogen-bond acceptors (Lipinski definition) is 4. The van der Waals surface area contributed by atoms with Crippen LogP contribution in [0.5, 0.6) is 0 Å². The van der Waals surface area contributed by atoms with E-state index in [1.165, 1.54) is 11.8 Å². The summed E-state index contributed by atoms with van der Waals surface area (Å²) in [7, 11) is 0. The van der Waals surface area contributed by atoms with Crippen molar-refractivity contribution in [2.45, 2.75) is 24.6 Å². The van der Waals surface area contributed by atoms with Gasteiger partial charge in [-0.2, -0.15) is 13.2 Å². The molecule has 1 aromatic carbocycles. The molecule has 2 aromatic rings.